The second kappa shape index (κ2) is 5.05. The third kappa shape index (κ3) is 2.23. The van der Waals surface area contributed by atoms with Crippen LogP contribution in [0.3, 0.4) is 0 Å². The number of carbonyl (C=O) groups excluding carboxylic acids is 1. The average molecular weight is 276 g/mol. The number of amides is 1. The van der Waals surface area contributed by atoms with Crippen LogP contribution >= 0.6 is 13.5 Å². The molecule has 1 aliphatic heterocycles. The summed E-state index contributed by atoms with van der Waals surface area (Å²) in [6.45, 7) is 4.60. The van der Waals surface area contributed by atoms with Crippen molar-refractivity contribution in [2.24, 2.45) is 0 Å². The van der Waals surface area contributed by atoms with Gasteiger partial charge in [0.05, 0.1) is 12.2 Å². The van der Waals surface area contributed by atoms with Crippen LogP contribution in [0.1, 0.15) is 29.1 Å². The molecule has 3 heterocycles. The number of aryl methyl sites for hydroxylation is 1. The molecule has 0 aromatic carbocycles. The number of nitrogens with one attached hydrogen (secondary N) is 1. The summed E-state index contributed by atoms with van der Waals surface area (Å²) in [6.07, 6.45) is 3.50. The van der Waals surface area contributed by atoms with Crippen LogP contribution in [-0.4, -0.2) is 27.2 Å². The van der Waals surface area contributed by atoms with E-state index in [1.165, 1.54) is 0 Å². The summed E-state index contributed by atoms with van der Waals surface area (Å²) in [5.41, 5.74) is 3.41. The zero-order valence-electron chi connectivity index (χ0n) is 10.8. The standard InChI is InChI=1S/C13H14N4O.H2S/c1-8-5-10(3-4-14-8)11-7-16-17-9(2)6-15-13(18)12(11)17;/h3-5,7,9H,6H2,1-2H3,(H,15,18);1H2/t9-;/m0./s1. The van der Waals surface area contributed by atoms with Gasteiger partial charge in [0.15, 0.2) is 0 Å². The lowest BCUT2D eigenvalue weighted by Gasteiger charge is -2.22. The molecule has 1 amide bonds. The molecule has 1 aliphatic rings. The van der Waals surface area contributed by atoms with Crippen molar-refractivity contribution in [3.05, 3.63) is 35.9 Å². The zero-order chi connectivity index (χ0) is 12.7. The number of fused-ring (bicyclic) bond motifs is 1. The van der Waals surface area contributed by atoms with Crippen molar-refractivity contribution in [2.75, 3.05) is 6.54 Å². The van der Waals surface area contributed by atoms with Gasteiger partial charge in [-0.25, -0.2) is 0 Å². The van der Waals surface area contributed by atoms with Crippen molar-refractivity contribution >= 4 is 19.4 Å². The van der Waals surface area contributed by atoms with E-state index < -0.39 is 0 Å². The number of carbonyl (C=O) groups is 1. The van der Waals surface area contributed by atoms with Crippen LogP contribution in [0.2, 0.25) is 0 Å². The van der Waals surface area contributed by atoms with Gasteiger partial charge in [0.25, 0.3) is 5.91 Å². The Labute approximate surface area is 118 Å². The topological polar surface area (TPSA) is 59.8 Å². The molecule has 5 nitrogen and oxygen atoms in total. The summed E-state index contributed by atoms with van der Waals surface area (Å²) in [5, 5.41) is 7.21. The molecule has 100 valence electrons. The molecule has 0 fully saturated rings. The normalized spacial score (nSPS) is 17.4. The highest BCUT2D eigenvalue weighted by Crippen LogP contribution is 2.27. The maximum Gasteiger partial charge on any atom is 0.270 e. The molecule has 3 rings (SSSR count). The number of hydrogen-bond acceptors (Lipinski definition) is 3. The van der Waals surface area contributed by atoms with E-state index in [0.717, 1.165) is 16.8 Å². The maximum absolute atomic E-state index is 12.0. The second-order valence-electron chi connectivity index (χ2n) is 4.60. The van der Waals surface area contributed by atoms with Crippen LogP contribution in [-0.2, 0) is 0 Å². The van der Waals surface area contributed by atoms with Gasteiger partial charge < -0.3 is 5.32 Å². The first kappa shape index (κ1) is 13.6. The fourth-order valence-corrected chi connectivity index (χ4v) is 2.26. The SMILES string of the molecule is Cc1cc(-c2cnn3c2C(=O)NC[C@@H]3C)ccn1.S. The maximum atomic E-state index is 12.0. The van der Waals surface area contributed by atoms with Gasteiger partial charge in [-0.1, -0.05) is 0 Å². The molecule has 0 bridgehead atoms. The number of pyridine rings is 1. The van der Waals surface area contributed by atoms with Crippen molar-refractivity contribution in [1.82, 2.24) is 20.1 Å². The summed E-state index contributed by atoms with van der Waals surface area (Å²) in [7, 11) is 0. The van der Waals surface area contributed by atoms with E-state index in [4.69, 9.17) is 0 Å². The molecule has 1 atom stereocenters. The van der Waals surface area contributed by atoms with Crippen molar-refractivity contribution in [2.45, 2.75) is 19.9 Å². The predicted molar refractivity (Wildman–Crippen MR) is 77.6 cm³/mol. The number of rotatable bonds is 1. The van der Waals surface area contributed by atoms with Crippen LogP contribution in [0.4, 0.5) is 0 Å². The average Bonchev–Trinajstić information content (AvgIpc) is 2.80. The summed E-state index contributed by atoms with van der Waals surface area (Å²) in [6, 6.07) is 4.05. The van der Waals surface area contributed by atoms with E-state index >= 15 is 0 Å². The molecular formula is C13H16N4OS. The minimum Gasteiger partial charge on any atom is -0.349 e. The van der Waals surface area contributed by atoms with E-state index in [1.807, 2.05) is 26.0 Å². The number of hydrogen-bond donors (Lipinski definition) is 1. The molecule has 1 N–H and O–H groups in total. The van der Waals surface area contributed by atoms with Crippen LogP contribution in [0.5, 0.6) is 0 Å². The molecule has 6 heteroatoms. The summed E-state index contributed by atoms with van der Waals surface area (Å²) in [5.74, 6) is -0.0601. The Kier molecular flexibility index (Phi) is 3.61. The van der Waals surface area contributed by atoms with Gasteiger partial charge in [-0.05, 0) is 31.5 Å². The second-order valence-corrected chi connectivity index (χ2v) is 4.60. The molecule has 2 aromatic rings. The Morgan fingerprint density at radius 2 is 2.26 bits per heavy atom. The lowest BCUT2D eigenvalue weighted by atomic mass is 10.1. The third-order valence-electron chi connectivity index (χ3n) is 3.19. The van der Waals surface area contributed by atoms with Crippen LogP contribution in [0.25, 0.3) is 11.1 Å². The lowest BCUT2D eigenvalue weighted by Crippen LogP contribution is -2.38. The summed E-state index contributed by atoms with van der Waals surface area (Å²) in [4.78, 5) is 16.2. The highest BCUT2D eigenvalue weighted by Gasteiger charge is 2.26. The Bertz CT molecular complexity index is 623. The summed E-state index contributed by atoms with van der Waals surface area (Å²) < 4.78 is 1.80. The molecule has 0 saturated heterocycles. The van der Waals surface area contributed by atoms with Crippen LogP contribution in [0.15, 0.2) is 24.5 Å². The van der Waals surface area contributed by atoms with Gasteiger partial charge in [0.1, 0.15) is 5.69 Å². The Hall–Kier alpha value is -1.82. The fourth-order valence-electron chi connectivity index (χ4n) is 2.26. The lowest BCUT2D eigenvalue weighted by molar-refractivity contribution is 0.0913. The molecule has 19 heavy (non-hydrogen) atoms. The van der Waals surface area contributed by atoms with Crippen molar-refractivity contribution in [1.29, 1.82) is 0 Å². The van der Waals surface area contributed by atoms with E-state index in [-0.39, 0.29) is 25.4 Å². The Morgan fingerprint density at radius 1 is 1.47 bits per heavy atom. The Morgan fingerprint density at radius 3 is 3.00 bits per heavy atom. The summed E-state index contributed by atoms with van der Waals surface area (Å²) >= 11 is 0. The van der Waals surface area contributed by atoms with E-state index in [9.17, 15) is 4.79 Å². The van der Waals surface area contributed by atoms with E-state index in [0.29, 0.717) is 12.2 Å². The Balaban J connectivity index is 0.00000133. The van der Waals surface area contributed by atoms with Crippen molar-refractivity contribution in [3.8, 4) is 11.1 Å². The highest BCUT2D eigenvalue weighted by molar-refractivity contribution is 7.59. The van der Waals surface area contributed by atoms with Gasteiger partial charge in [0.2, 0.25) is 0 Å². The van der Waals surface area contributed by atoms with Crippen molar-refractivity contribution in [3.63, 3.8) is 0 Å². The van der Waals surface area contributed by atoms with Gasteiger partial charge in [-0.3, -0.25) is 14.5 Å². The minimum absolute atomic E-state index is 0. The first-order valence-electron chi connectivity index (χ1n) is 5.95. The number of nitrogens with zero attached hydrogens (tertiary/aromatic N) is 3. The predicted octanol–water partition coefficient (Wildman–Crippen LogP) is 1.67. The zero-order valence-corrected chi connectivity index (χ0v) is 11.8. The molecule has 0 unspecified atom stereocenters. The van der Waals surface area contributed by atoms with E-state index in [1.54, 1.807) is 17.1 Å². The monoisotopic (exact) mass is 276 g/mol. The highest BCUT2D eigenvalue weighted by atomic mass is 32.1. The largest absolute Gasteiger partial charge is 0.349 e. The molecule has 0 radical (unpaired) electrons. The quantitative estimate of drug-likeness (QED) is 0.862. The molecule has 0 saturated carbocycles. The van der Waals surface area contributed by atoms with Crippen LogP contribution in [0, 0.1) is 6.92 Å². The minimum atomic E-state index is -0.0601. The van der Waals surface area contributed by atoms with Crippen molar-refractivity contribution < 1.29 is 4.79 Å². The first-order valence-corrected chi connectivity index (χ1v) is 5.95. The van der Waals surface area contributed by atoms with E-state index in [2.05, 4.69) is 15.4 Å². The number of aromatic nitrogens is 3. The molecular weight excluding hydrogens is 260 g/mol. The molecule has 2 aromatic heterocycles. The third-order valence-corrected chi connectivity index (χ3v) is 3.19. The smallest absolute Gasteiger partial charge is 0.270 e. The fraction of sp³-hybridized carbons (Fsp3) is 0.308. The molecule has 0 spiro atoms. The van der Waals surface area contributed by atoms with Gasteiger partial charge in [0, 0.05) is 24.0 Å². The first-order chi connectivity index (χ1) is 8.66. The van der Waals surface area contributed by atoms with Gasteiger partial charge >= 0.3 is 0 Å². The van der Waals surface area contributed by atoms with Gasteiger partial charge in [-0.15, -0.1) is 0 Å². The van der Waals surface area contributed by atoms with Crippen LogP contribution < -0.4 is 5.32 Å². The van der Waals surface area contributed by atoms with Gasteiger partial charge in [-0.2, -0.15) is 18.6 Å². The molecule has 0 aliphatic carbocycles.